The minimum atomic E-state index is -4.40. The second kappa shape index (κ2) is 28.1. The number of aromatic nitrogens is 2. The number of aliphatic hydroxyl groups excluding tert-OH is 2. The van der Waals surface area contributed by atoms with E-state index >= 15 is 8.78 Å². The van der Waals surface area contributed by atoms with Gasteiger partial charge < -0.3 is 55.0 Å². The van der Waals surface area contributed by atoms with Crippen molar-refractivity contribution in [3.8, 4) is 0 Å². The maximum Gasteiger partial charge on any atom is 0.359 e. The molecule has 450 valence electrons. The topological polar surface area (TPSA) is 338 Å². The van der Waals surface area contributed by atoms with Gasteiger partial charge in [0.1, 0.15) is 40.9 Å². The molecule has 3 aliphatic heterocycles. The number of nitrogen functional groups attached to an aromatic ring is 1. The minimum Gasteiger partial charge on any atom is -0.438 e. The summed E-state index contributed by atoms with van der Waals surface area (Å²) in [6.45, 7) is 19.9. The van der Waals surface area contributed by atoms with Crippen molar-refractivity contribution in [2.75, 3.05) is 50.8 Å². The molecule has 4 rings (SSSR count). The van der Waals surface area contributed by atoms with Gasteiger partial charge in [0.2, 0.25) is 27.2 Å². The first-order valence-electron chi connectivity index (χ1n) is 23.8. The zero-order chi connectivity index (χ0) is 59.6. The van der Waals surface area contributed by atoms with Crippen molar-refractivity contribution in [2.24, 2.45) is 32.4 Å². The van der Waals surface area contributed by atoms with E-state index in [9.17, 15) is 43.3 Å². The van der Waals surface area contributed by atoms with E-state index in [4.69, 9.17) is 81.2 Å². The number of esters is 4. The quantitative estimate of drug-likeness (QED) is 0.0320. The summed E-state index contributed by atoms with van der Waals surface area (Å²) in [7, 11) is -8.58. The number of rotatable bonds is 21. The smallest absolute Gasteiger partial charge is 0.359 e. The fourth-order valence-corrected chi connectivity index (χ4v) is 9.53. The molecule has 3 aliphatic rings. The van der Waals surface area contributed by atoms with Crippen LogP contribution in [0.5, 0.6) is 0 Å². The Kier molecular flexibility index (Phi) is 25.1. The Bertz CT molecular complexity index is 2500. The van der Waals surface area contributed by atoms with Gasteiger partial charge in [0.05, 0.1) is 39.6 Å². The van der Waals surface area contributed by atoms with E-state index in [1.165, 1.54) is 23.2 Å². The highest BCUT2D eigenvalue weighted by atomic mass is 35.5. The summed E-state index contributed by atoms with van der Waals surface area (Å²) in [4.78, 5) is 69.2. The molecule has 0 spiro atoms. The zero-order valence-electron chi connectivity index (χ0n) is 45.5. The molecular formula is C48H76Cl2F2N6O19P2. The van der Waals surface area contributed by atoms with Crippen LogP contribution in [0, 0.1) is 21.7 Å². The summed E-state index contributed by atoms with van der Waals surface area (Å²) >= 11 is 12.2. The van der Waals surface area contributed by atoms with Gasteiger partial charge in [0, 0.05) is 18.2 Å². The lowest BCUT2D eigenvalue weighted by molar-refractivity contribution is -0.163. The summed E-state index contributed by atoms with van der Waals surface area (Å²) < 4.78 is 111. The van der Waals surface area contributed by atoms with Crippen LogP contribution in [0.1, 0.15) is 103 Å². The number of alkyl halides is 4. The van der Waals surface area contributed by atoms with E-state index in [0.29, 0.717) is 0 Å². The number of aliphatic hydroxyl groups is 2. The Balaban J connectivity index is 0.000000533. The number of amidine groups is 1. The fraction of sp³-hybridized carbons (Fsp3) is 0.688. The van der Waals surface area contributed by atoms with Gasteiger partial charge in [-0.05, 0) is 108 Å². The van der Waals surface area contributed by atoms with Crippen LogP contribution in [0.4, 0.5) is 14.6 Å². The van der Waals surface area contributed by atoms with Crippen molar-refractivity contribution in [3.05, 3.63) is 59.3 Å². The van der Waals surface area contributed by atoms with Crippen LogP contribution >= 0.6 is 38.4 Å². The third-order valence-electron chi connectivity index (χ3n) is 11.2. The molecular weight excluding hydrogens is 1140 g/mol. The second-order valence-corrected chi connectivity index (χ2v) is 26.6. The predicted molar refractivity (Wildman–Crippen MR) is 285 cm³/mol. The molecule has 0 saturated carbocycles. The molecule has 0 amide bonds. The van der Waals surface area contributed by atoms with Crippen LogP contribution < -0.4 is 17.2 Å². The lowest BCUT2D eigenvalue weighted by atomic mass is 9.95. The van der Waals surface area contributed by atoms with E-state index in [2.05, 4.69) is 16.6 Å². The summed E-state index contributed by atoms with van der Waals surface area (Å²) in [6.07, 6.45) is -6.69. The third-order valence-corrected chi connectivity index (χ3v) is 15.3. The standard InChI is InChI=1S/C24H38ClFN3O9P.C23H34ClFN3O10P.CH4/c1-15-28-16(27)8-10-29(15)19-17(26)18(30)24(12-25,38-19)9-11-39(33,36-13-34-20(31)22(2,3)4)37-14-35-21(32)23(5,6)7;1-21(2,3)18(30)34-12-36-39(33,37-13-35-19(31)22(4,5)6)10-8-23(11-24)16(29)15(25)17(38-23)28-9-7-14(26)27-20(28)32;/h8,10,17-19,30H,1,9,11-14H2,2-7H3,(H2,27,28);7-10,15-17,29H,11-13H2,1-6H3,(H2,26,27,32);1H4/b;10-8-;/t17-,18+,19-,24+;15-,16+,17-,23+;/m11./s1. The number of aliphatic imine (C=N–C) groups is 1. The Hall–Kier alpha value is -4.37. The van der Waals surface area contributed by atoms with Gasteiger partial charge in [-0.15, -0.1) is 23.2 Å². The Morgan fingerprint density at radius 3 is 1.61 bits per heavy atom. The van der Waals surface area contributed by atoms with Crippen LogP contribution in [0.3, 0.4) is 0 Å². The van der Waals surface area contributed by atoms with E-state index in [1.807, 2.05) is 0 Å². The van der Waals surface area contributed by atoms with Crippen molar-refractivity contribution >= 4 is 73.9 Å². The van der Waals surface area contributed by atoms with Gasteiger partial charge >= 0.3 is 44.8 Å². The average Bonchev–Trinajstić information content (AvgIpc) is 3.73. The van der Waals surface area contributed by atoms with Crippen LogP contribution in [0.25, 0.3) is 0 Å². The van der Waals surface area contributed by atoms with Gasteiger partial charge in [-0.25, -0.2) is 18.6 Å². The maximum atomic E-state index is 15.3. The van der Waals surface area contributed by atoms with Crippen LogP contribution in [-0.4, -0.2) is 141 Å². The Morgan fingerprint density at radius 1 is 0.759 bits per heavy atom. The number of anilines is 1. The monoisotopic (exact) mass is 1210 g/mol. The number of hydrogen-bond acceptors (Lipinski definition) is 24. The third kappa shape index (κ3) is 19.4. The van der Waals surface area contributed by atoms with E-state index in [-0.39, 0.29) is 31.3 Å². The lowest BCUT2D eigenvalue weighted by Gasteiger charge is -2.33. The zero-order valence-corrected chi connectivity index (χ0v) is 48.8. The molecule has 8 atom stereocenters. The van der Waals surface area contributed by atoms with E-state index in [1.54, 1.807) is 83.1 Å². The molecule has 0 aromatic carbocycles. The number of nitrogens with zero attached hydrogens (tertiary/aromatic N) is 4. The molecule has 1 aromatic heterocycles. The molecule has 6 N–H and O–H groups in total. The molecule has 2 saturated heterocycles. The molecule has 4 heterocycles. The number of hydrogen-bond donors (Lipinski definition) is 4. The second-order valence-electron chi connectivity index (χ2n) is 22.0. The van der Waals surface area contributed by atoms with Crippen molar-refractivity contribution in [1.29, 1.82) is 0 Å². The maximum absolute atomic E-state index is 15.3. The summed E-state index contributed by atoms with van der Waals surface area (Å²) in [5.74, 6) is -2.61. The normalized spacial score (nSPS) is 24.8. The van der Waals surface area contributed by atoms with Crippen molar-refractivity contribution in [1.82, 2.24) is 14.5 Å². The summed E-state index contributed by atoms with van der Waals surface area (Å²) in [5, 5.41) is 21.4. The fourth-order valence-electron chi connectivity index (χ4n) is 6.37. The number of halogens is 4. The highest BCUT2D eigenvalue weighted by molar-refractivity contribution is 7.57. The molecule has 0 aliphatic carbocycles. The van der Waals surface area contributed by atoms with Gasteiger partial charge in [-0.3, -0.25) is 51.0 Å². The highest BCUT2D eigenvalue weighted by Gasteiger charge is 2.58. The minimum absolute atomic E-state index is 0. The highest BCUT2D eigenvalue weighted by Crippen LogP contribution is 2.53. The van der Waals surface area contributed by atoms with Crippen LogP contribution in [-0.2, 0) is 74.8 Å². The van der Waals surface area contributed by atoms with Crippen molar-refractivity contribution < 1.29 is 93.8 Å². The summed E-state index contributed by atoms with van der Waals surface area (Å²) in [6, 6.07) is 1.23. The van der Waals surface area contributed by atoms with Gasteiger partial charge in [-0.1, -0.05) is 14.0 Å². The largest absolute Gasteiger partial charge is 0.438 e. The SMILES string of the molecule is C.C=C1N=C(N)C=CN1[C@@H]1O[C@](CCl)(CCP(=O)(OCOC(=O)C(C)(C)C)OCOC(=O)C(C)(C)C)[C@@H](O)[C@H]1F.CC(C)(C)C(=O)OCOP(=O)(/C=C\[C@@]1(CCl)O[C@@H](n2ccc(N)nc2=O)[C@H](F)[C@@H]1O)OCOC(=O)C(C)(C)C. The van der Waals surface area contributed by atoms with Gasteiger partial charge in [-0.2, -0.15) is 4.98 Å². The van der Waals surface area contributed by atoms with Gasteiger partial charge in [0.25, 0.3) is 0 Å². The van der Waals surface area contributed by atoms with E-state index in [0.717, 1.165) is 22.7 Å². The number of nitrogens with two attached hydrogens (primary N) is 2. The van der Waals surface area contributed by atoms with Crippen LogP contribution in [0.15, 0.2) is 58.6 Å². The summed E-state index contributed by atoms with van der Waals surface area (Å²) in [5.41, 5.74) is 2.93. The number of ether oxygens (including phenoxy) is 6. The first-order valence-corrected chi connectivity index (χ1v) is 28.2. The molecule has 2 fully saturated rings. The molecule has 0 unspecified atom stereocenters. The molecule has 0 bridgehead atoms. The first kappa shape index (κ1) is 70.7. The predicted octanol–water partition coefficient (Wildman–Crippen LogP) is 6.89. The number of carbonyl (C=O) groups excluding carboxylic acids is 4. The van der Waals surface area contributed by atoms with E-state index < -0.39 is 160 Å². The first-order chi connectivity index (χ1) is 35.7. The van der Waals surface area contributed by atoms with Crippen molar-refractivity contribution in [2.45, 2.75) is 145 Å². The average molecular weight is 1210 g/mol. The molecule has 1 aromatic rings. The molecule has 25 nitrogen and oxygen atoms in total. The van der Waals surface area contributed by atoms with Crippen LogP contribution in [0.2, 0.25) is 0 Å². The Labute approximate surface area is 468 Å². The lowest BCUT2D eigenvalue weighted by Crippen LogP contribution is -2.44. The molecule has 0 radical (unpaired) electrons. The number of carbonyl (C=O) groups is 4. The Morgan fingerprint density at radius 2 is 1.20 bits per heavy atom. The molecule has 31 heteroatoms. The molecule has 79 heavy (non-hydrogen) atoms. The van der Waals surface area contributed by atoms with Gasteiger partial charge in [0.15, 0.2) is 24.8 Å². The van der Waals surface area contributed by atoms with Crippen molar-refractivity contribution in [3.63, 3.8) is 0 Å².